The number of carbonyl (C=O) groups is 2. The zero-order valence-corrected chi connectivity index (χ0v) is 9.97. The summed E-state index contributed by atoms with van der Waals surface area (Å²) in [6.45, 7) is 4.11. The first-order valence-corrected chi connectivity index (χ1v) is 5.58. The van der Waals surface area contributed by atoms with Crippen LogP contribution in [0.2, 0.25) is 0 Å². The van der Waals surface area contributed by atoms with Crippen LogP contribution in [0, 0.1) is 0 Å². The van der Waals surface area contributed by atoms with Crippen LogP contribution in [0.4, 0.5) is 0 Å². The second kappa shape index (κ2) is 4.20. The molecule has 0 unspecified atom stereocenters. The lowest BCUT2D eigenvalue weighted by Gasteiger charge is -2.40. The van der Waals surface area contributed by atoms with Crippen molar-refractivity contribution < 1.29 is 14.3 Å². The van der Waals surface area contributed by atoms with E-state index in [2.05, 4.69) is 0 Å². The largest absolute Gasteiger partial charge is 0.462 e. The smallest absolute Gasteiger partial charge is 0.331 e. The van der Waals surface area contributed by atoms with Gasteiger partial charge in [0.05, 0.1) is 6.54 Å². The minimum absolute atomic E-state index is 0.132. The van der Waals surface area contributed by atoms with E-state index in [1.54, 1.807) is 30.9 Å². The molecule has 1 aliphatic heterocycles. The molecule has 0 radical (unpaired) electrons. The van der Waals surface area contributed by atoms with E-state index >= 15 is 0 Å². The maximum atomic E-state index is 12.3. The Hall–Kier alpha value is -1.84. The Labute approximate surface area is 100 Å². The fourth-order valence-electron chi connectivity index (χ4n) is 1.89. The lowest BCUT2D eigenvalue weighted by Crippen LogP contribution is -2.58. The average Bonchev–Trinajstić information content (AvgIpc) is 2.33. The average molecular weight is 233 g/mol. The van der Waals surface area contributed by atoms with Gasteiger partial charge in [0, 0.05) is 5.56 Å². The van der Waals surface area contributed by atoms with Crippen molar-refractivity contribution >= 4 is 11.9 Å². The molecule has 1 aromatic rings. The van der Waals surface area contributed by atoms with Crippen LogP contribution in [0.3, 0.4) is 0 Å². The summed E-state index contributed by atoms with van der Waals surface area (Å²) in [7, 11) is 0. The third kappa shape index (κ3) is 2.02. The summed E-state index contributed by atoms with van der Waals surface area (Å²) in [6.07, 6.45) is 0. The lowest BCUT2D eigenvalue weighted by atomic mass is 10.00. The third-order valence-corrected chi connectivity index (χ3v) is 2.99. The highest BCUT2D eigenvalue weighted by molar-refractivity contribution is 5.98. The van der Waals surface area contributed by atoms with Crippen molar-refractivity contribution in [2.45, 2.75) is 19.4 Å². The van der Waals surface area contributed by atoms with Crippen LogP contribution < -0.4 is 0 Å². The van der Waals surface area contributed by atoms with Crippen molar-refractivity contribution in [2.24, 2.45) is 0 Å². The Bertz CT molecular complexity index is 439. The summed E-state index contributed by atoms with van der Waals surface area (Å²) in [5.41, 5.74) is -0.305. The Morgan fingerprint density at radius 3 is 2.59 bits per heavy atom. The molecule has 0 bridgehead atoms. The van der Waals surface area contributed by atoms with E-state index < -0.39 is 5.54 Å². The molecule has 1 aromatic carbocycles. The molecule has 0 aromatic heterocycles. The molecule has 1 aliphatic rings. The van der Waals surface area contributed by atoms with Crippen molar-refractivity contribution in [2.75, 3.05) is 13.2 Å². The van der Waals surface area contributed by atoms with Crippen LogP contribution in [0.25, 0.3) is 0 Å². The SMILES string of the molecule is CC1(C)C(=O)OCCN1C(=O)c1ccccc1. The Morgan fingerprint density at radius 1 is 1.29 bits per heavy atom. The minimum Gasteiger partial charge on any atom is -0.462 e. The van der Waals surface area contributed by atoms with Gasteiger partial charge in [-0.1, -0.05) is 18.2 Å². The predicted molar refractivity (Wildman–Crippen MR) is 62.5 cm³/mol. The number of amides is 1. The fourth-order valence-corrected chi connectivity index (χ4v) is 1.89. The van der Waals surface area contributed by atoms with E-state index in [-0.39, 0.29) is 18.5 Å². The molecule has 1 saturated heterocycles. The van der Waals surface area contributed by atoms with Crippen LogP contribution in [-0.4, -0.2) is 35.5 Å². The van der Waals surface area contributed by atoms with Gasteiger partial charge in [0.1, 0.15) is 12.1 Å². The molecule has 4 nitrogen and oxygen atoms in total. The van der Waals surface area contributed by atoms with Crippen LogP contribution in [0.1, 0.15) is 24.2 Å². The van der Waals surface area contributed by atoms with E-state index in [9.17, 15) is 9.59 Å². The van der Waals surface area contributed by atoms with E-state index in [0.29, 0.717) is 12.1 Å². The molecule has 0 spiro atoms. The summed E-state index contributed by atoms with van der Waals surface area (Å²) in [6, 6.07) is 8.97. The summed E-state index contributed by atoms with van der Waals surface area (Å²) < 4.78 is 4.98. The quantitative estimate of drug-likeness (QED) is 0.690. The molecule has 90 valence electrons. The predicted octanol–water partition coefficient (Wildman–Crippen LogP) is 1.46. The van der Waals surface area contributed by atoms with Gasteiger partial charge in [0.25, 0.3) is 5.91 Å². The molecule has 17 heavy (non-hydrogen) atoms. The topological polar surface area (TPSA) is 46.6 Å². The van der Waals surface area contributed by atoms with Gasteiger partial charge in [-0.15, -0.1) is 0 Å². The number of ether oxygens (including phenoxy) is 1. The first kappa shape index (κ1) is 11.6. The minimum atomic E-state index is -0.898. The van der Waals surface area contributed by atoms with Crippen molar-refractivity contribution in [3.63, 3.8) is 0 Å². The van der Waals surface area contributed by atoms with Crippen LogP contribution in [-0.2, 0) is 9.53 Å². The molecule has 0 aliphatic carbocycles. The Kier molecular flexibility index (Phi) is 2.88. The normalized spacial score (nSPS) is 18.7. The number of cyclic esters (lactones) is 1. The second-order valence-electron chi connectivity index (χ2n) is 4.52. The fraction of sp³-hybridized carbons (Fsp3) is 0.385. The van der Waals surface area contributed by atoms with Crippen molar-refractivity contribution in [1.29, 1.82) is 0 Å². The maximum absolute atomic E-state index is 12.3. The van der Waals surface area contributed by atoms with Crippen molar-refractivity contribution in [3.05, 3.63) is 35.9 Å². The second-order valence-corrected chi connectivity index (χ2v) is 4.52. The molecule has 0 atom stereocenters. The van der Waals surface area contributed by atoms with Gasteiger partial charge in [-0.25, -0.2) is 4.79 Å². The first-order valence-electron chi connectivity index (χ1n) is 5.58. The number of rotatable bonds is 1. The molecule has 0 saturated carbocycles. The maximum Gasteiger partial charge on any atom is 0.331 e. The molecule has 4 heteroatoms. The van der Waals surface area contributed by atoms with Crippen LogP contribution >= 0.6 is 0 Å². The van der Waals surface area contributed by atoms with Gasteiger partial charge < -0.3 is 9.64 Å². The van der Waals surface area contributed by atoms with Gasteiger partial charge in [-0.3, -0.25) is 4.79 Å². The number of benzene rings is 1. The van der Waals surface area contributed by atoms with E-state index in [1.165, 1.54) is 0 Å². The van der Waals surface area contributed by atoms with Crippen molar-refractivity contribution in [1.82, 2.24) is 4.90 Å². The summed E-state index contributed by atoms with van der Waals surface area (Å²) in [5, 5.41) is 0. The lowest BCUT2D eigenvalue weighted by molar-refractivity contribution is -0.162. The van der Waals surface area contributed by atoms with Gasteiger partial charge in [0.15, 0.2) is 0 Å². The summed E-state index contributed by atoms with van der Waals surface area (Å²) in [5.74, 6) is -0.486. The molecule has 1 amide bonds. The van der Waals surface area contributed by atoms with E-state index in [0.717, 1.165) is 0 Å². The van der Waals surface area contributed by atoms with Crippen LogP contribution in [0.5, 0.6) is 0 Å². The number of hydrogen-bond acceptors (Lipinski definition) is 3. The number of nitrogens with zero attached hydrogens (tertiary/aromatic N) is 1. The van der Waals surface area contributed by atoms with Gasteiger partial charge in [-0.05, 0) is 26.0 Å². The number of carbonyl (C=O) groups excluding carboxylic acids is 2. The molecular formula is C13H15NO3. The highest BCUT2D eigenvalue weighted by Crippen LogP contribution is 2.22. The van der Waals surface area contributed by atoms with Gasteiger partial charge >= 0.3 is 5.97 Å². The number of esters is 1. The standard InChI is InChI=1S/C13H15NO3/c1-13(2)12(16)17-9-8-14(13)11(15)10-6-4-3-5-7-10/h3-7H,8-9H2,1-2H3. The monoisotopic (exact) mass is 233 g/mol. The third-order valence-electron chi connectivity index (χ3n) is 2.99. The Balaban J connectivity index is 2.28. The van der Waals surface area contributed by atoms with Gasteiger partial charge in [0.2, 0.25) is 0 Å². The summed E-state index contributed by atoms with van der Waals surface area (Å²) in [4.78, 5) is 25.5. The Morgan fingerprint density at radius 2 is 1.94 bits per heavy atom. The zero-order valence-electron chi connectivity index (χ0n) is 9.97. The highest BCUT2D eigenvalue weighted by Gasteiger charge is 2.42. The van der Waals surface area contributed by atoms with E-state index in [4.69, 9.17) is 4.74 Å². The molecule has 1 fully saturated rings. The first-order chi connectivity index (χ1) is 8.03. The number of hydrogen-bond donors (Lipinski definition) is 0. The molecule has 2 rings (SSSR count). The van der Waals surface area contributed by atoms with Gasteiger partial charge in [-0.2, -0.15) is 0 Å². The molecule has 1 heterocycles. The number of morpholine rings is 1. The van der Waals surface area contributed by atoms with E-state index in [1.807, 2.05) is 18.2 Å². The molecule has 0 N–H and O–H groups in total. The molecular weight excluding hydrogens is 218 g/mol. The van der Waals surface area contributed by atoms with Crippen molar-refractivity contribution in [3.8, 4) is 0 Å². The van der Waals surface area contributed by atoms with Crippen LogP contribution in [0.15, 0.2) is 30.3 Å². The summed E-state index contributed by atoms with van der Waals surface area (Å²) >= 11 is 0. The highest BCUT2D eigenvalue weighted by atomic mass is 16.5. The zero-order chi connectivity index (χ0) is 12.5.